The Bertz CT molecular complexity index is 7410. The number of alkyl carbamates (subject to hydrolysis) is 4. The quantitative estimate of drug-likeness (QED) is 0.00931. The summed E-state index contributed by atoms with van der Waals surface area (Å²) in [6, 6.07) is 97.8. The van der Waals surface area contributed by atoms with E-state index in [0.717, 1.165) is 117 Å². The molecule has 6 amide bonds. The maximum absolute atomic E-state index is 14.9. The monoisotopic (exact) mass is 1960 g/mol. The van der Waals surface area contributed by atoms with E-state index in [2.05, 4.69) is 293 Å². The topological polar surface area (TPSA) is 238 Å². The van der Waals surface area contributed by atoms with E-state index in [1.807, 2.05) is 95.2 Å². The van der Waals surface area contributed by atoms with Crippen LogP contribution >= 0.6 is 0 Å². The van der Waals surface area contributed by atoms with E-state index in [1.54, 1.807) is 6.92 Å². The standard InChI is InChI=1S/C129H132N6O12/c1-14-143-121(138)103-78-101(34-18-66-130-110(136)76-80-72-97(30-20-68-132-122(139)144-126(2,3)4)112(98(73-80)31-21-69-133-123(140)145-127(5,6)7)91-42-36-82(37-43-91)104-60-54-94-51-48-85-24-15-27-88-57-63-107(104)118(94)115(85)88)114(93-46-40-84(41-47-93)106-62-56-96-53-50-87-26-17-29-90-59-65-109(106)120(96)117(87)90)102(79-103)35-19-67-131-111(137)77-81-74-99(32-22-70-134-124(141)146-128(8,9)10)113(100(75-81)33-23-71-135-125(142)147-129(11,12)13)92-44-38-83(39-45-92)105-61-55-95-52-49-86-25-16-28-89-58-64-108(105)119(95)116(86)89/h15-17,24-29,36-65,72-75,78-79H,14,18-23,30-35,66-71,76-77H2,1-13H3,(H,130,136)(H,131,137)(H,132,139)(H,133,140)(H,134,141)(H,135,142). The Morgan fingerprint density at radius 3 is 0.707 bits per heavy atom. The molecule has 0 aliphatic heterocycles. The molecule has 18 nitrogen and oxygen atoms in total. The van der Waals surface area contributed by atoms with Crippen LogP contribution in [0.1, 0.15) is 183 Å². The van der Waals surface area contributed by atoms with Crippen LogP contribution in [0.2, 0.25) is 0 Å². The molecular weight excluding hydrogens is 1830 g/mol. The van der Waals surface area contributed by atoms with Crippen molar-refractivity contribution in [3.63, 3.8) is 0 Å². The van der Waals surface area contributed by atoms with Gasteiger partial charge >= 0.3 is 30.3 Å². The first kappa shape index (κ1) is 102. The predicted octanol–water partition coefficient (Wildman–Crippen LogP) is 29.0. The van der Waals surface area contributed by atoms with Crippen molar-refractivity contribution >= 4 is 139 Å². The van der Waals surface area contributed by atoms with Gasteiger partial charge in [-0.2, -0.15) is 0 Å². The van der Waals surface area contributed by atoms with Gasteiger partial charge < -0.3 is 55.6 Å². The molecule has 0 aliphatic carbocycles. The van der Waals surface area contributed by atoms with Crippen molar-refractivity contribution in [2.45, 2.75) is 202 Å². The largest absolute Gasteiger partial charge is 0.462 e. The fraction of sp³-hybridized carbons (Fsp3) is 0.295. The molecule has 18 rings (SSSR count). The Morgan fingerprint density at radius 1 is 0.245 bits per heavy atom. The molecule has 18 aromatic carbocycles. The summed E-state index contributed by atoms with van der Waals surface area (Å²) in [5, 5.41) is 40.2. The molecule has 0 aromatic heterocycles. The van der Waals surface area contributed by atoms with E-state index < -0.39 is 52.7 Å². The molecule has 0 radical (unpaired) electrons. The maximum Gasteiger partial charge on any atom is 0.407 e. The highest BCUT2D eigenvalue weighted by atomic mass is 16.6. The van der Waals surface area contributed by atoms with Crippen LogP contribution in [0.5, 0.6) is 0 Å². The first-order valence-electron chi connectivity index (χ1n) is 52.0. The summed E-state index contributed by atoms with van der Waals surface area (Å²) in [4.78, 5) is 96.8. The summed E-state index contributed by atoms with van der Waals surface area (Å²) in [7, 11) is 0. The fourth-order valence-corrected chi connectivity index (χ4v) is 21.3. The highest BCUT2D eigenvalue weighted by molar-refractivity contribution is 6.28. The third-order valence-corrected chi connectivity index (χ3v) is 27.4. The van der Waals surface area contributed by atoms with E-state index in [1.165, 1.54) is 91.6 Å². The average Bonchev–Trinajstić information content (AvgIpc) is 0.739. The fourth-order valence-electron chi connectivity index (χ4n) is 21.3. The normalized spacial score (nSPS) is 12.1. The summed E-state index contributed by atoms with van der Waals surface area (Å²) >= 11 is 0. The Kier molecular flexibility index (Phi) is 30.3. The van der Waals surface area contributed by atoms with Gasteiger partial charge in [0.15, 0.2) is 0 Å². The Labute approximate surface area is 860 Å². The van der Waals surface area contributed by atoms with Crippen LogP contribution in [-0.2, 0) is 84.6 Å². The number of amides is 6. The van der Waals surface area contributed by atoms with Crippen molar-refractivity contribution in [1.29, 1.82) is 0 Å². The third kappa shape index (κ3) is 24.2. The smallest absolute Gasteiger partial charge is 0.407 e. The van der Waals surface area contributed by atoms with Crippen LogP contribution in [0.25, 0.3) is 164 Å². The summed E-state index contributed by atoms with van der Waals surface area (Å²) < 4.78 is 28.5. The second-order valence-electron chi connectivity index (χ2n) is 43.0. The van der Waals surface area contributed by atoms with Gasteiger partial charge in [-0.05, 0) is 387 Å². The summed E-state index contributed by atoms with van der Waals surface area (Å²) in [6.07, 6.45) is 4.54. The third-order valence-electron chi connectivity index (χ3n) is 27.4. The zero-order valence-electron chi connectivity index (χ0n) is 86.7. The molecule has 147 heavy (non-hydrogen) atoms. The van der Waals surface area contributed by atoms with E-state index in [9.17, 15) is 33.6 Å². The van der Waals surface area contributed by atoms with Crippen molar-refractivity contribution < 1.29 is 57.2 Å². The van der Waals surface area contributed by atoms with Crippen molar-refractivity contribution in [1.82, 2.24) is 31.9 Å². The van der Waals surface area contributed by atoms with Crippen molar-refractivity contribution in [2.75, 3.05) is 45.9 Å². The number of rotatable bonds is 36. The lowest BCUT2D eigenvalue weighted by Crippen LogP contribution is -2.33. The summed E-state index contributed by atoms with van der Waals surface area (Å²) in [5.41, 5.74) is 17.6. The number of ether oxygens (including phenoxy) is 5. The number of benzene rings is 18. The second kappa shape index (κ2) is 43.9. The minimum atomic E-state index is -0.686. The number of hydrogen-bond donors (Lipinski definition) is 6. The number of aryl methyl sites for hydroxylation is 6. The van der Waals surface area contributed by atoms with Crippen LogP contribution in [0.3, 0.4) is 0 Å². The van der Waals surface area contributed by atoms with Gasteiger partial charge in [0, 0.05) is 39.3 Å². The zero-order chi connectivity index (χ0) is 103. The van der Waals surface area contributed by atoms with Crippen LogP contribution in [0, 0.1) is 0 Å². The lowest BCUT2D eigenvalue weighted by atomic mass is 9.86. The van der Waals surface area contributed by atoms with Gasteiger partial charge in [0.1, 0.15) is 22.4 Å². The SMILES string of the molecule is CCOC(=O)c1cc(CCCNC(=O)Cc2cc(CCCNC(=O)OC(C)(C)C)c(-c3ccc(-c4ccc5ccc6cccc7ccc4c5c67)cc3)c(CCCNC(=O)OC(C)(C)C)c2)c(-c2ccc(-c3ccc4ccc5cccc6ccc3c4c56)cc2)c(CCCNC(=O)Cc2cc(CCCNC(=O)OC(C)(C)C)c(-c3ccc(-c4ccc5ccc6cccc7ccc4c5c67)cc3)c(CCCNC(=O)OC(C)(C)C)c2)c1. The molecule has 6 N–H and O–H groups in total. The average molecular weight is 1960 g/mol. The minimum absolute atomic E-state index is 0.0613. The molecule has 0 saturated heterocycles. The zero-order valence-corrected chi connectivity index (χ0v) is 86.7. The van der Waals surface area contributed by atoms with Crippen LogP contribution in [0.15, 0.2) is 273 Å². The van der Waals surface area contributed by atoms with Gasteiger partial charge in [-0.15, -0.1) is 0 Å². The number of hydrogen-bond acceptors (Lipinski definition) is 12. The first-order valence-corrected chi connectivity index (χ1v) is 52.0. The van der Waals surface area contributed by atoms with Crippen LogP contribution in [-0.4, -0.2) is 110 Å². The Balaban J connectivity index is 0.634. The van der Waals surface area contributed by atoms with E-state index in [4.69, 9.17) is 23.7 Å². The van der Waals surface area contributed by atoms with Gasteiger partial charge in [-0.25, -0.2) is 24.0 Å². The predicted molar refractivity (Wildman–Crippen MR) is 599 cm³/mol. The second-order valence-corrected chi connectivity index (χ2v) is 43.0. The highest BCUT2D eigenvalue weighted by Crippen LogP contribution is 2.46. The van der Waals surface area contributed by atoms with Crippen LogP contribution < -0.4 is 31.9 Å². The van der Waals surface area contributed by atoms with E-state index in [0.29, 0.717) is 122 Å². The molecule has 0 bridgehead atoms. The van der Waals surface area contributed by atoms with Gasteiger partial charge in [0.05, 0.1) is 25.0 Å². The number of esters is 1. The summed E-state index contributed by atoms with van der Waals surface area (Å²) in [5.74, 6) is -0.809. The van der Waals surface area contributed by atoms with Crippen molar-refractivity contribution in [2.24, 2.45) is 0 Å². The molecule has 0 aliphatic rings. The molecule has 18 aromatic rings. The van der Waals surface area contributed by atoms with Gasteiger partial charge in [-0.1, -0.05) is 261 Å². The molecule has 0 spiro atoms. The van der Waals surface area contributed by atoms with E-state index >= 15 is 0 Å². The Morgan fingerprint density at radius 2 is 0.463 bits per heavy atom. The lowest BCUT2D eigenvalue weighted by molar-refractivity contribution is -0.121. The molecule has 0 unspecified atom stereocenters. The molecule has 0 saturated carbocycles. The maximum atomic E-state index is 14.9. The van der Waals surface area contributed by atoms with Crippen LogP contribution in [0.4, 0.5) is 19.2 Å². The number of carbonyl (C=O) groups excluding carboxylic acids is 7. The lowest BCUT2D eigenvalue weighted by Gasteiger charge is -2.21. The van der Waals surface area contributed by atoms with Gasteiger partial charge in [0.2, 0.25) is 11.8 Å². The van der Waals surface area contributed by atoms with Crippen molar-refractivity contribution in [3.05, 3.63) is 323 Å². The number of carbonyl (C=O) groups is 7. The first-order chi connectivity index (χ1) is 70.7. The molecule has 18 heteroatoms. The minimum Gasteiger partial charge on any atom is -0.462 e. The van der Waals surface area contributed by atoms with Gasteiger partial charge in [-0.3, -0.25) is 9.59 Å². The van der Waals surface area contributed by atoms with Crippen molar-refractivity contribution in [3.8, 4) is 66.8 Å². The summed E-state index contributed by atoms with van der Waals surface area (Å²) in [6.45, 7) is 26.0. The van der Waals surface area contributed by atoms with E-state index in [-0.39, 0.29) is 31.3 Å². The number of nitrogens with one attached hydrogen (secondary N) is 6. The molecular formula is C129H132N6O12. The molecule has 0 atom stereocenters. The van der Waals surface area contributed by atoms with Gasteiger partial charge in [0.25, 0.3) is 0 Å². The Hall–Kier alpha value is -15.4. The molecule has 0 heterocycles. The highest BCUT2D eigenvalue weighted by Gasteiger charge is 2.28. The molecule has 750 valence electrons. The molecule has 0 fully saturated rings.